The Morgan fingerprint density at radius 1 is 1.42 bits per heavy atom. The maximum absolute atomic E-state index is 5.21. The summed E-state index contributed by atoms with van der Waals surface area (Å²) in [5.41, 5.74) is 2.57. The van der Waals surface area contributed by atoms with E-state index in [4.69, 9.17) is 4.42 Å². The van der Waals surface area contributed by atoms with Crippen LogP contribution in [-0.4, -0.2) is 4.98 Å². The third kappa shape index (κ3) is 1.06. The topological polar surface area (TPSA) is 26.0 Å². The number of hydrogen-bond acceptors (Lipinski definition) is 3. The Balaban J connectivity index is 2.55. The molecule has 0 bridgehead atoms. The first-order chi connectivity index (χ1) is 5.79. The maximum atomic E-state index is 5.21. The summed E-state index contributed by atoms with van der Waals surface area (Å²) in [7, 11) is 0. The van der Waals surface area contributed by atoms with E-state index >= 15 is 0 Å². The van der Waals surface area contributed by atoms with Crippen LogP contribution in [0.25, 0.3) is 10.8 Å². The summed E-state index contributed by atoms with van der Waals surface area (Å²) in [6.45, 7) is 4.18. The first-order valence-electron chi connectivity index (χ1n) is 3.73. The summed E-state index contributed by atoms with van der Waals surface area (Å²) in [4.78, 5) is 5.24. The van der Waals surface area contributed by atoms with Crippen molar-refractivity contribution in [2.75, 3.05) is 0 Å². The molecule has 0 N–H and O–H groups in total. The van der Waals surface area contributed by atoms with E-state index in [-0.39, 0.29) is 0 Å². The molecule has 2 nitrogen and oxygen atoms in total. The zero-order valence-electron chi connectivity index (χ0n) is 7.00. The summed E-state index contributed by atoms with van der Waals surface area (Å²) in [5, 5.41) is 2.12. The zero-order valence-corrected chi connectivity index (χ0v) is 7.81. The standard InChI is InChI=1S/C9H9NOS/c1-6-5-12-8(7(6)2)9-10-3-4-11-9/h3-5H,1-2H3. The highest BCUT2D eigenvalue weighted by molar-refractivity contribution is 7.13. The van der Waals surface area contributed by atoms with Crippen molar-refractivity contribution in [3.63, 3.8) is 0 Å². The monoisotopic (exact) mass is 179 g/mol. The first kappa shape index (κ1) is 7.55. The minimum Gasteiger partial charge on any atom is -0.444 e. The summed E-state index contributed by atoms with van der Waals surface area (Å²) in [5.74, 6) is 0.727. The van der Waals surface area contributed by atoms with Gasteiger partial charge in [0.15, 0.2) is 0 Å². The number of nitrogens with zero attached hydrogens (tertiary/aromatic N) is 1. The van der Waals surface area contributed by atoms with Crippen molar-refractivity contribution in [2.24, 2.45) is 0 Å². The van der Waals surface area contributed by atoms with Crippen LogP contribution in [0.1, 0.15) is 11.1 Å². The molecule has 62 valence electrons. The molecule has 0 aliphatic rings. The Hall–Kier alpha value is -1.09. The van der Waals surface area contributed by atoms with Crippen molar-refractivity contribution in [1.82, 2.24) is 4.98 Å². The van der Waals surface area contributed by atoms with Crippen molar-refractivity contribution in [3.8, 4) is 10.8 Å². The molecular weight excluding hydrogens is 170 g/mol. The van der Waals surface area contributed by atoms with Crippen LogP contribution in [0.4, 0.5) is 0 Å². The second kappa shape index (κ2) is 2.75. The largest absolute Gasteiger partial charge is 0.444 e. The molecule has 0 aromatic carbocycles. The van der Waals surface area contributed by atoms with Crippen LogP contribution in [0, 0.1) is 13.8 Å². The molecule has 2 aromatic rings. The second-order valence-corrected chi connectivity index (χ2v) is 3.59. The second-order valence-electron chi connectivity index (χ2n) is 2.71. The number of rotatable bonds is 1. The predicted octanol–water partition coefficient (Wildman–Crippen LogP) is 3.02. The molecule has 0 spiro atoms. The van der Waals surface area contributed by atoms with Gasteiger partial charge < -0.3 is 4.42 Å². The molecule has 0 unspecified atom stereocenters. The summed E-state index contributed by atoms with van der Waals surface area (Å²) >= 11 is 1.68. The van der Waals surface area contributed by atoms with Gasteiger partial charge >= 0.3 is 0 Å². The van der Waals surface area contributed by atoms with Gasteiger partial charge in [0.25, 0.3) is 0 Å². The van der Waals surface area contributed by atoms with Crippen LogP contribution < -0.4 is 0 Å². The lowest BCUT2D eigenvalue weighted by atomic mass is 10.2. The molecule has 0 atom stereocenters. The van der Waals surface area contributed by atoms with E-state index in [0.29, 0.717) is 0 Å². The minimum atomic E-state index is 0.727. The molecule has 3 heteroatoms. The molecule has 12 heavy (non-hydrogen) atoms. The van der Waals surface area contributed by atoms with Gasteiger partial charge in [-0.25, -0.2) is 4.98 Å². The first-order valence-corrected chi connectivity index (χ1v) is 4.61. The SMILES string of the molecule is Cc1csc(-c2ncco2)c1C. The van der Waals surface area contributed by atoms with E-state index in [1.54, 1.807) is 23.8 Å². The van der Waals surface area contributed by atoms with E-state index in [9.17, 15) is 0 Å². The van der Waals surface area contributed by atoms with Gasteiger partial charge in [0.05, 0.1) is 11.1 Å². The van der Waals surface area contributed by atoms with Crippen LogP contribution in [-0.2, 0) is 0 Å². The molecule has 2 rings (SSSR count). The lowest BCUT2D eigenvalue weighted by Crippen LogP contribution is -1.76. The van der Waals surface area contributed by atoms with Crippen molar-refractivity contribution >= 4 is 11.3 Å². The Bertz CT molecular complexity index is 375. The fraction of sp³-hybridized carbons (Fsp3) is 0.222. The van der Waals surface area contributed by atoms with Crippen LogP contribution in [0.3, 0.4) is 0 Å². The van der Waals surface area contributed by atoms with Gasteiger partial charge in [-0.15, -0.1) is 11.3 Å². The Morgan fingerprint density at radius 2 is 2.25 bits per heavy atom. The molecule has 0 aliphatic carbocycles. The van der Waals surface area contributed by atoms with Gasteiger partial charge in [0.1, 0.15) is 6.26 Å². The highest BCUT2D eigenvalue weighted by Gasteiger charge is 2.09. The van der Waals surface area contributed by atoms with E-state index in [0.717, 1.165) is 10.8 Å². The van der Waals surface area contributed by atoms with Gasteiger partial charge in [-0.1, -0.05) is 0 Å². The van der Waals surface area contributed by atoms with Crippen LogP contribution in [0.15, 0.2) is 22.3 Å². The van der Waals surface area contributed by atoms with E-state index < -0.39 is 0 Å². The minimum absolute atomic E-state index is 0.727. The smallest absolute Gasteiger partial charge is 0.236 e. The molecule has 0 amide bonds. The van der Waals surface area contributed by atoms with Gasteiger partial charge in [-0.2, -0.15) is 0 Å². The molecule has 2 aromatic heterocycles. The average Bonchev–Trinajstić information content (AvgIpc) is 2.64. The van der Waals surface area contributed by atoms with Crippen molar-refractivity contribution in [1.29, 1.82) is 0 Å². The number of aryl methyl sites for hydroxylation is 1. The van der Waals surface area contributed by atoms with Gasteiger partial charge in [-0.05, 0) is 30.4 Å². The summed E-state index contributed by atoms with van der Waals surface area (Å²) in [6.07, 6.45) is 3.27. The van der Waals surface area contributed by atoms with Crippen LogP contribution in [0.5, 0.6) is 0 Å². The predicted molar refractivity (Wildman–Crippen MR) is 49.3 cm³/mol. The van der Waals surface area contributed by atoms with E-state index in [1.807, 2.05) is 0 Å². The molecule has 0 saturated heterocycles. The van der Waals surface area contributed by atoms with E-state index in [2.05, 4.69) is 24.2 Å². The zero-order chi connectivity index (χ0) is 8.55. The number of hydrogen-bond donors (Lipinski definition) is 0. The van der Waals surface area contributed by atoms with Crippen molar-refractivity contribution in [3.05, 3.63) is 29.0 Å². The van der Waals surface area contributed by atoms with Gasteiger partial charge in [-0.3, -0.25) is 0 Å². The highest BCUT2D eigenvalue weighted by atomic mass is 32.1. The quantitative estimate of drug-likeness (QED) is 0.672. The third-order valence-corrected chi connectivity index (χ3v) is 3.10. The molecule has 0 saturated carbocycles. The molecule has 0 radical (unpaired) electrons. The Labute approximate surface area is 74.9 Å². The van der Waals surface area contributed by atoms with Gasteiger partial charge in [0, 0.05) is 0 Å². The summed E-state index contributed by atoms with van der Waals surface area (Å²) < 4.78 is 5.21. The normalized spacial score (nSPS) is 10.5. The van der Waals surface area contributed by atoms with Crippen molar-refractivity contribution < 1.29 is 4.42 Å². The Morgan fingerprint density at radius 3 is 2.75 bits per heavy atom. The summed E-state index contributed by atoms with van der Waals surface area (Å²) in [6, 6.07) is 0. The number of aromatic nitrogens is 1. The molecule has 0 fully saturated rings. The number of oxazole rings is 1. The maximum Gasteiger partial charge on any atom is 0.236 e. The Kier molecular flexibility index (Phi) is 1.73. The fourth-order valence-electron chi connectivity index (χ4n) is 1.05. The third-order valence-electron chi connectivity index (χ3n) is 1.91. The van der Waals surface area contributed by atoms with Gasteiger partial charge in [0.2, 0.25) is 5.89 Å². The molecule has 0 aliphatic heterocycles. The number of thiophene rings is 1. The molecular formula is C9H9NOS. The van der Waals surface area contributed by atoms with Crippen molar-refractivity contribution in [2.45, 2.75) is 13.8 Å². The molecule has 2 heterocycles. The lowest BCUT2D eigenvalue weighted by Gasteiger charge is -1.92. The highest BCUT2D eigenvalue weighted by Crippen LogP contribution is 2.30. The lowest BCUT2D eigenvalue weighted by molar-refractivity contribution is 0.575. The average molecular weight is 179 g/mol. The van der Waals surface area contributed by atoms with E-state index in [1.165, 1.54) is 11.1 Å². The fourth-order valence-corrected chi connectivity index (χ4v) is 2.06. The van der Waals surface area contributed by atoms with Crippen LogP contribution in [0.2, 0.25) is 0 Å². The van der Waals surface area contributed by atoms with Crippen LogP contribution >= 0.6 is 11.3 Å².